The second-order valence-corrected chi connectivity index (χ2v) is 2.29. The van der Waals surface area contributed by atoms with E-state index in [4.69, 9.17) is 6.42 Å². The van der Waals surface area contributed by atoms with Crippen LogP contribution in [0.25, 0.3) is 0 Å². The molecule has 0 saturated carbocycles. The first kappa shape index (κ1) is 5.32. The van der Waals surface area contributed by atoms with E-state index in [2.05, 4.69) is 12.0 Å². The predicted octanol–water partition coefficient (Wildman–Crippen LogP) is 1.98. The molecule has 0 saturated heterocycles. The third-order valence-electron chi connectivity index (χ3n) is 1.72. The first-order chi connectivity index (χ1) is 4.92. The predicted molar refractivity (Wildman–Crippen MR) is 42.2 cm³/mol. The SMILES string of the molecule is C#CC1=CC=C2C=CC=C12. The maximum absolute atomic E-state index is 5.27. The molecule has 0 radical (unpaired) electrons. The molecule has 0 spiro atoms. The van der Waals surface area contributed by atoms with E-state index in [1.807, 2.05) is 24.3 Å². The van der Waals surface area contributed by atoms with Crippen LogP contribution in [0.15, 0.2) is 47.1 Å². The minimum absolute atomic E-state index is 1.00. The van der Waals surface area contributed by atoms with Crippen LogP contribution in [0.1, 0.15) is 0 Å². The van der Waals surface area contributed by atoms with E-state index < -0.39 is 0 Å². The van der Waals surface area contributed by atoms with Gasteiger partial charge in [-0.3, -0.25) is 0 Å². The molecule has 0 aliphatic heterocycles. The van der Waals surface area contributed by atoms with Crippen molar-refractivity contribution in [1.82, 2.24) is 0 Å². The van der Waals surface area contributed by atoms with Crippen LogP contribution in [0, 0.1) is 12.3 Å². The Balaban J connectivity index is 2.49. The van der Waals surface area contributed by atoms with E-state index in [-0.39, 0.29) is 0 Å². The van der Waals surface area contributed by atoms with Gasteiger partial charge in [0.2, 0.25) is 0 Å². The summed E-state index contributed by atoms with van der Waals surface area (Å²) in [4.78, 5) is 0. The highest BCUT2D eigenvalue weighted by Gasteiger charge is 2.13. The van der Waals surface area contributed by atoms with Crippen LogP contribution in [0.5, 0.6) is 0 Å². The van der Waals surface area contributed by atoms with Crippen molar-refractivity contribution in [2.24, 2.45) is 0 Å². The topological polar surface area (TPSA) is 0 Å². The highest BCUT2D eigenvalue weighted by atomic mass is 14.2. The van der Waals surface area contributed by atoms with E-state index in [9.17, 15) is 0 Å². The molecular formula is C10H6. The second-order valence-electron chi connectivity index (χ2n) is 2.29. The van der Waals surface area contributed by atoms with E-state index in [1.54, 1.807) is 0 Å². The maximum Gasteiger partial charge on any atom is 0.0321 e. The van der Waals surface area contributed by atoms with Gasteiger partial charge in [-0.2, -0.15) is 0 Å². The summed E-state index contributed by atoms with van der Waals surface area (Å²) in [5, 5.41) is 0. The molecule has 0 N–H and O–H groups in total. The molecule has 0 heterocycles. The van der Waals surface area contributed by atoms with Crippen molar-refractivity contribution in [3.05, 3.63) is 47.1 Å². The normalized spacial score (nSPS) is 19.3. The highest BCUT2D eigenvalue weighted by molar-refractivity contribution is 5.68. The summed E-state index contributed by atoms with van der Waals surface area (Å²) in [6.45, 7) is 0. The van der Waals surface area contributed by atoms with Crippen molar-refractivity contribution >= 4 is 0 Å². The summed E-state index contributed by atoms with van der Waals surface area (Å²) in [6, 6.07) is 0. The highest BCUT2D eigenvalue weighted by Crippen LogP contribution is 2.29. The fourth-order valence-electron chi connectivity index (χ4n) is 1.21. The van der Waals surface area contributed by atoms with Crippen molar-refractivity contribution in [3.63, 3.8) is 0 Å². The Morgan fingerprint density at radius 3 is 2.90 bits per heavy atom. The number of terminal acetylenes is 1. The lowest BCUT2D eigenvalue weighted by atomic mass is 10.1. The van der Waals surface area contributed by atoms with Crippen LogP contribution in [0.3, 0.4) is 0 Å². The molecule has 2 aliphatic carbocycles. The van der Waals surface area contributed by atoms with Gasteiger partial charge in [-0.25, -0.2) is 0 Å². The third-order valence-corrected chi connectivity index (χ3v) is 1.72. The van der Waals surface area contributed by atoms with Crippen LogP contribution < -0.4 is 0 Å². The van der Waals surface area contributed by atoms with Gasteiger partial charge in [-0.15, -0.1) is 6.42 Å². The van der Waals surface area contributed by atoms with Gasteiger partial charge in [0.25, 0.3) is 0 Å². The molecule has 0 atom stereocenters. The van der Waals surface area contributed by atoms with Crippen molar-refractivity contribution in [2.75, 3.05) is 0 Å². The fourth-order valence-corrected chi connectivity index (χ4v) is 1.21. The van der Waals surface area contributed by atoms with Crippen LogP contribution in [0.2, 0.25) is 0 Å². The zero-order chi connectivity index (χ0) is 6.97. The summed E-state index contributed by atoms with van der Waals surface area (Å²) in [5.74, 6) is 2.64. The average molecular weight is 126 g/mol. The standard InChI is InChI=1S/C10H6/c1-2-8-6-7-9-4-3-5-10(8)9/h1,3-7H. The number of hydrogen-bond acceptors (Lipinski definition) is 0. The molecule has 46 valence electrons. The molecule has 0 fully saturated rings. The summed E-state index contributed by atoms with van der Waals surface area (Å²) in [6.07, 6.45) is 15.4. The zero-order valence-corrected chi connectivity index (χ0v) is 5.46. The molecule has 2 aliphatic rings. The Morgan fingerprint density at radius 1 is 1.20 bits per heavy atom. The van der Waals surface area contributed by atoms with Gasteiger partial charge in [0.15, 0.2) is 0 Å². The Hall–Kier alpha value is -1.48. The van der Waals surface area contributed by atoms with Crippen molar-refractivity contribution in [3.8, 4) is 12.3 Å². The quantitative estimate of drug-likeness (QED) is 0.435. The summed E-state index contributed by atoms with van der Waals surface area (Å²) >= 11 is 0. The van der Waals surface area contributed by atoms with Gasteiger partial charge in [0.1, 0.15) is 0 Å². The number of rotatable bonds is 0. The van der Waals surface area contributed by atoms with Crippen LogP contribution >= 0.6 is 0 Å². The van der Waals surface area contributed by atoms with Crippen molar-refractivity contribution in [2.45, 2.75) is 0 Å². The Labute approximate surface area is 60.3 Å². The molecule has 0 aromatic rings. The monoisotopic (exact) mass is 126 g/mol. The minimum atomic E-state index is 1.00. The molecule has 0 nitrogen and oxygen atoms in total. The van der Waals surface area contributed by atoms with Gasteiger partial charge in [0, 0.05) is 5.57 Å². The van der Waals surface area contributed by atoms with Gasteiger partial charge in [0.05, 0.1) is 0 Å². The maximum atomic E-state index is 5.27. The molecule has 10 heavy (non-hydrogen) atoms. The Morgan fingerprint density at radius 2 is 2.10 bits per heavy atom. The van der Waals surface area contributed by atoms with Gasteiger partial charge < -0.3 is 0 Å². The molecule has 0 heteroatoms. The van der Waals surface area contributed by atoms with Gasteiger partial charge in [-0.1, -0.05) is 30.2 Å². The van der Waals surface area contributed by atoms with Gasteiger partial charge >= 0.3 is 0 Å². The fraction of sp³-hybridized carbons (Fsp3) is 0. The lowest BCUT2D eigenvalue weighted by molar-refractivity contribution is 1.62. The summed E-state index contributed by atoms with van der Waals surface area (Å²) in [7, 11) is 0. The second kappa shape index (κ2) is 1.75. The number of allylic oxidation sites excluding steroid dienone is 8. The summed E-state index contributed by atoms with van der Waals surface area (Å²) in [5.41, 5.74) is 3.44. The van der Waals surface area contributed by atoms with E-state index >= 15 is 0 Å². The molecule has 0 aromatic carbocycles. The van der Waals surface area contributed by atoms with E-state index in [0.717, 1.165) is 5.57 Å². The number of hydrogen-bond donors (Lipinski definition) is 0. The molecule has 0 aromatic heterocycles. The molecule has 2 rings (SSSR count). The largest absolute Gasteiger partial charge is 0.115 e. The van der Waals surface area contributed by atoms with Crippen molar-refractivity contribution < 1.29 is 0 Å². The van der Waals surface area contributed by atoms with Gasteiger partial charge in [-0.05, 0) is 17.2 Å². The average Bonchev–Trinajstić information content (AvgIpc) is 2.44. The van der Waals surface area contributed by atoms with Crippen LogP contribution in [0.4, 0.5) is 0 Å². The smallest absolute Gasteiger partial charge is 0.0321 e. The first-order valence-electron chi connectivity index (χ1n) is 3.19. The van der Waals surface area contributed by atoms with Crippen LogP contribution in [-0.4, -0.2) is 0 Å². The minimum Gasteiger partial charge on any atom is -0.115 e. The molecular weight excluding hydrogens is 120 g/mol. The Bertz CT molecular complexity index is 328. The van der Waals surface area contributed by atoms with E-state index in [1.165, 1.54) is 11.1 Å². The molecule has 0 amide bonds. The Kier molecular flexibility index (Phi) is 0.930. The van der Waals surface area contributed by atoms with E-state index in [0.29, 0.717) is 0 Å². The lowest BCUT2D eigenvalue weighted by Crippen LogP contribution is -1.78. The lowest BCUT2D eigenvalue weighted by Gasteiger charge is -1.93. The van der Waals surface area contributed by atoms with Crippen molar-refractivity contribution in [1.29, 1.82) is 0 Å². The summed E-state index contributed by atoms with van der Waals surface area (Å²) < 4.78 is 0. The van der Waals surface area contributed by atoms with Crippen LogP contribution in [-0.2, 0) is 0 Å². The third kappa shape index (κ3) is 0.521. The first-order valence-corrected chi connectivity index (χ1v) is 3.19. The number of fused-ring (bicyclic) bond motifs is 1. The zero-order valence-electron chi connectivity index (χ0n) is 5.46. The molecule has 0 unspecified atom stereocenters. The molecule has 0 bridgehead atoms.